The molecule has 0 N–H and O–H groups in total. The molecular formula is C13H21ClN2O. The molecule has 0 saturated heterocycles. The number of rotatable bonds is 6. The average Bonchev–Trinajstić information content (AvgIpc) is 2.29. The van der Waals surface area contributed by atoms with Gasteiger partial charge >= 0.3 is 0 Å². The minimum absolute atomic E-state index is 0.496. The monoisotopic (exact) mass is 256 g/mol. The molecule has 0 fully saturated rings. The third-order valence-electron chi connectivity index (χ3n) is 2.57. The van der Waals surface area contributed by atoms with Gasteiger partial charge in [0.1, 0.15) is 11.0 Å². The Kier molecular flexibility index (Phi) is 5.69. The topological polar surface area (TPSA) is 35.0 Å². The highest BCUT2D eigenvalue weighted by Crippen LogP contribution is 2.22. The summed E-state index contributed by atoms with van der Waals surface area (Å²) >= 11 is 6.03. The highest BCUT2D eigenvalue weighted by atomic mass is 35.5. The number of halogens is 1. The molecule has 1 rings (SSSR count). The van der Waals surface area contributed by atoms with Crippen LogP contribution >= 0.6 is 11.6 Å². The van der Waals surface area contributed by atoms with Gasteiger partial charge < -0.3 is 4.74 Å². The SMILES string of the molecule is CCc1nc(Cl)c(C)c(OCCCC(C)C)n1. The number of hydrogen-bond donors (Lipinski definition) is 0. The van der Waals surface area contributed by atoms with Gasteiger partial charge in [0, 0.05) is 12.0 Å². The van der Waals surface area contributed by atoms with Gasteiger partial charge in [0.05, 0.1) is 6.61 Å². The maximum Gasteiger partial charge on any atom is 0.221 e. The van der Waals surface area contributed by atoms with Crippen molar-refractivity contribution >= 4 is 11.6 Å². The minimum Gasteiger partial charge on any atom is -0.477 e. The number of hydrogen-bond acceptors (Lipinski definition) is 3. The fourth-order valence-corrected chi connectivity index (χ4v) is 1.65. The van der Waals surface area contributed by atoms with Crippen molar-refractivity contribution in [2.45, 2.75) is 47.0 Å². The highest BCUT2D eigenvalue weighted by Gasteiger charge is 2.09. The van der Waals surface area contributed by atoms with E-state index in [1.807, 2.05) is 13.8 Å². The lowest BCUT2D eigenvalue weighted by Crippen LogP contribution is -2.05. The predicted octanol–water partition coefficient (Wildman–Crippen LogP) is 3.82. The zero-order valence-corrected chi connectivity index (χ0v) is 11.8. The highest BCUT2D eigenvalue weighted by molar-refractivity contribution is 6.30. The summed E-state index contributed by atoms with van der Waals surface area (Å²) in [5.74, 6) is 2.07. The van der Waals surface area contributed by atoms with Crippen LogP contribution in [0.15, 0.2) is 0 Å². The van der Waals surface area contributed by atoms with Gasteiger partial charge in [-0.15, -0.1) is 0 Å². The molecule has 0 atom stereocenters. The molecule has 1 aromatic heterocycles. The van der Waals surface area contributed by atoms with Crippen LogP contribution in [0.1, 0.15) is 45.0 Å². The Bertz CT molecular complexity index is 367. The molecule has 17 heavy (non-hydrogen) atoms. The molecule has 0 amide bonds. The van der Waals surface area contributed by atoms with E-state index in [1.165, 1.54) is 6.42 Å². The van der Waals surface area contributed by atoms with E-state index >= 15 is 0 Å². The second kappa shape index (κ2) is 6.80. The Labute approximate surface area is 109 Å². The van der Waals surface area contributed by atoms with Crippen LogP contribution in [0.25, 0.3) is 0 Å². The van der Waals surface area contributed by atoms with E-state index in [2.05, 4.69) is 23.8 Å². The van der Waals surface area contributed by atoms with Crippen molar-refractivity contribution in [2.75, 3.05) is 6.61 Å². The van der Waals surface area contributed by atoms with Crippen LogP contribution in [-0.4, -0.2) is 16.6 Å². The molecule has 0 unspecified atom stereocenters. The van der Waals surface area contributed by atoms with E-state index < -0.39 is 0 Å². The van der Waals surface area contributed by atoms with Crippen LogP contribution in [0.3, 0.4) is 0 Å². The van der Waals surface area contributed by atoms with Crippen LogP contribution in [-0.2, 0) is 6.42 Å². The summed E-state index contributed by atoms with van der Waals surface area (Å²) in [5.41, 5.74) is 0.827. The lowest BCUT2D eigenvalue weighted by atomic mass is 10.1. The maximum absolute atomic E-state index is 6.03. The zero-order chi connectivity index (χ0) is 12.8. The van der Waals surface area contributed by atoms with Gasteiger partial charge in [-0.25, -0.2) is 4.98 Å². The van der Waals surface area contributed by atoms with E-state index in [9.17, 15) is 0 Å². The average molecular weight is 257 g/mol. The molecule has 0 aromatic carbocycles. The summed E-state index contributed by atoms with van der Waals surface area (Å²) in [6, 6.07) is 0. The van der Waals surface area contributed by atoms with E-state index in [0.29, 0.717) is 23.6 Å². The van der Waals surface area contributed by atoms with Crippen LogP contribution in [0, 0.1) is 12.8 Å². The first-order valence-corrected chi connectivity index (χ1v) is 6.58. The molecule has 0 radical (unpaired) electrons. The van der Waals surface area contributed by atoms with Gasteiger partial charge in [0.15, 0.2) is 0 Å². The maximum atomic E-state index is 6.03. The first-order chi connectivity index (χ1) is 8.04. The predicted molar refractivity (Wildman–Crippen MR) is 70.7 cm³/mol. The third-order valence-corrected chi connectivity index (χ3v) is 2.94. The fourth-order valence-electron chi connectivity index (χ4n) is 1.47. The molecule has 1 aromatic rings. The first kappa shape index (κ1) is 14.2. The molecule has 1 heterocycles. The standard InChI is InChI=1S/C13H21ClN2O/c1-5-11-15-12(14)10(4)13(16-11)17-8-6-7-9(2)3/h9H,5-8H2,1-4H3. The molecule has 4 heteroatoms. The molecule has 3 nitrogen and oxygen atoms in total. The van der Waals surface area contributed by atoms with Crippen LogP contribution in [0.4, 0.5) is 0 Å². The van der Waals surface area contributed by atoms with Crippen LogP contribution in [0.2, 0.25) is 5.15 Å². The summed E-state index contributed by atoms with van der Waals surface area (Å²) in [6.45, 7) is 9.00. The van der Waals surface area contributed by atoms with Crippen LogP contribution in [0.5, 0.6) is 5.88 Å². The number of aromatic nitrogens is 2. The Morgan fingerprint density at radius 1 is 1.29 bits per heavy atom. The Morgan fingerprint density at radius 2 is 2.00 bits per heavy atom. The number of nitrogens with zero attached hydrogens (tertiary/aromatic N) is 2. The van der Waals surface area contributed by atoms with E-state index in [1.54, 1.807) is 0 Å². The Morgan fingerprint density at radius 3 is 2.59 bits per heavy atom. The fraction of sp³-hybridized carbons (Fsp3) is 0.692. The molecule has 0 aliphatic heterocycles. The lowest BCUT2D eigenvalue weighted by Gasteiger charge is -2.10. The van der Waals surface area contributed by atoms with Gasteiger partial charge in [-0.05, 0) is 25.7 Å². The van der Waals surface area contributed by atoms with Gasteiger partial charge in [0.2, 0.25) is 5.88 Å². The zero-order valence-electron chi connectivity index (χ0n) is 11.1. The smallest absolute Gasteiger partial charge is 0.221 e. The second-order valence-electron chi connectivity index (χ2n) is 4.60. The van der Waals surface area contributed by atoms with Crippen molar-refractivity contribution in [3.05, 3.63) is 16.5 Å². The largest absolute Gasteiger partial charge is 0.477 e. The molecule has 0 saturated carbocycles. The van der Waals surface area contributed by atoms with Crippen LogP contribution < -0.4 is 4.74 Å². The van der Waals surface area contributed by atoms with E-state index in [0.717, 1.165) is 24.2 Å². The second-order valence-corrected chi connectivity index (χ2v) is 4.96. The number of ether oxygens (including phenoxy) is 1. The van der Waals surface area contributed by atoms with E-state index in [4.69, 9.17) is 16.3 Å². The minimum atomic E-state index is 0.496. The molecule has 0 aliphatic rings. The Balaban J connectivity index is 2.60. The molecule has 0 spiro atoms. The molecule has 0 bridgehead atoms. The summed E-state index contributed by atoms with van der Waals surface area (Å²) in [6.07, 6.45) is 2.97. The van der Waals surface area contributed by atoms with Crippen molar-refractivity contribution in [1.82, 2.24) is 9.97 Å². The summed E-state index contributed by atoms with van der Waals surface area (Å²) in [7, 11) is 0. The van der Waals surface area contributed by atoms with Crippen molar-refractivity contribution in [2.24, 2.45) is 5.92 Å². The van der Waals surface area contributed by atoms with Crippen molar-refractivity contribution < 1.29 is 4.74 Å². The summed E-state index contributed by atoms with van der Waals surface area (Å²) in [4.78, 5) is 8.53. The van der Waals surface area contributed by atoms with Crippen molar-refractivity contribution in [1.29, 1.82) is 0 Å². The Hall–Kier alpha value is -0.830. The van der Waals surface area contributed by atoms with Gasteiger partial charge in [0.25, 0.3) is 0 Å². The summed E-state index contributed by atoms with van der Waals surface area (Å²) in [5, 5.41) is 0.496. The van der Waals surface area contributed by atoms with Gasteiger partial charge in [-0.3, -0.25) is 0 Å². The number of aryl methyl sites for hydroxylation is 1. The van der Waals surface area contributed by atoms with Crippen molar-refractivity contribution in [3.8, 4) is 5.88 Å². The lowest BCUT2D eigenvalue weighted by molar-refractivity contribution is 0.284. The molecule has 0 aliphatic carbocycles. The molecular weight excluding hydrogens is 236 g/mol. The first-order valence-electron chi connectivity index (χ1n) is 6.20. The van der Waals surface area contributed by atoms with Gasteiger partial charge in [-0.1, -0.05) is 32.4 Å². The molecule has 96 valence electrons. The van der Waals surface area contributed by atoms with E-state index in [-0.39, 0.29) is 0 Å². The van der Waals surface area contributed by atoms with Gasteiger partial charge in [-0.2, -0.15) is 4.98 Å². The normalized spacial score (nSPS) is 10.9. The summed E-state index contributed by atoms with van der Waals surface area (Å²) < 4.78 is 5.67. The quantitative estimate of drug-likeness (QED) is 0.573. The third kappa shape index (κ3) is 4.50. The van der Waals surface area contributed by atoms with Crippen molar-refractivity contribution in [3.63, 3.8) is 0 Å².